The van der Waals surface area contributed by atoms with Crippen LogP contribution in [-0.2, 0) is 32.2 Å². The normalized spacial score (nSPS) is 23.5. The van der Waals surface area contributed by atoms with Crippen molar-refractivity contribution in [1.82, 2.24) is 34.1 Å². The molecule has 26 heteroatoms. The Balaban J connectivity index is 0.931. The highest BCUT2D eigenvalue weighted by Crippen LogP contribution is 2.59. The van der Waals surface area contributed by atoms with Crippen molar-refractivity contribution in [2.75, 3.05) is 49.4 Å². The number of halogens is 1. The maximum absolute atomic E-state index is 13.6. The fraction of sp³-hybridized carbons (Fsp3) is 0.389. The van der Waals surface area contributed by atoms with Gasteiger partial charge < -0.3 is 45.9 Å². The van der Waals surface area contributed by atoms with Crippen molar-refractivity contribution < 1.29 is 51.8 Å². The van der Waals surface area contributed by atoms with Crippen LogP contribution in [0.4, 0.5) is 17.3 Å². The zero-order valence-electron chi connectivity index (χ0n) is 32.7. The number of nitrogen functional groups attached to an aromatic ring is 2. The fourth-order valence-corrected chi connectivity index (χ4v) is 11.1. The molecular formula is C36H41ClN10O12P2S. The Hall–Kier alpha value is -4.48. The van der Waals surface area contributed by atoms with E-state index in [2.05, 4.69) is 25.3 Å². The van der Waals surface area contributed by atoms with Gasteiger partial charge in [0.2, 0.25) is 0 Å². The van der Waals surface area contributed by atoms with Gasteiger partial charge in [-0.25, -0.2) is 33.9 Å². The Bertz CT molecular complexity index is 2770. The number of nitrogens with zero attached hydrogens (tertiary/aromatic N) is 7. The number of phosphoric acid groups is 1. The van der Waals surface area contributed by atoms with E-state index in [0.717, 1.165) is 26.5 Å². The third-order valence-electron chi connectivity index (χ3n) is 10.2. The number of aromatic nitrogens is 7. The van der Waals surface area contributed by atoms with Crippen LogP contribution in [0.2, 0.25) is 5.02 Å². The van der Waals surface area contributed by atoms with Crippen molar-refractivity contribution in [3.8, 4) is 5.75 Å². The zero-order chi connectivity index (χ0) is 43.8. The van der Waals surface area contributed by atoms with Gasteiger partial charge in [0.05, 0.1) is 43.4 Å². The molecular weight excluding hydrogens is 894 g/mol. The number of hydrogen-bond donors (Lipinski definition) is 6. The quantitative estimate of drug-likeness (QED) is 0.0419. The molecule has 0 aliphatic carbocycles. The number of aliphatic hydroxyl groups is 1. The number of benzene rings is 2. The van der Waals surface area contributed by atoms with Gasteiger partial charge in [-0.15, -0.1) is 0 Å². The standard InChI is InChI=1S/C36H41ClN10O12P2S/c1-54-20-4-6-23-22(12-20)32(21-5-3-19(37)11-24(21)44-23)40-8-2-10-62-61(52,53)59-26-14-31(47-18-43-33-34(39)41-17-42-35(33)47)57-28(26)16-55-60(50,51)58-25-13-30(56-27(25)15-48)46-9-7-29(38)45-36(46)49/h3-7,9,11-12,17-18,25-28,30-31,48H,2,8,10,13-16H2,1H3,(H,40,44)(H,50,51)(H,52,53)(H2,38,45,49)(H2,39,41,42)/t25?,26-,27+,28+,30+,31+/m0/s1. The molecule has 6 heterocycles. The molecule has 2 fully saturated rings. The van der Waals surface area contributed by atoms with Crippen molar-refractivity contribution in [1.29, 1.82) is 0 Å². The molecule has 2 aromatic carbocycles. The molecule has 2 saturated heterocycles. The lowest BCUT2D eigenvalue weighted by molar-refractivity contribution is -0.0549. The van der Waals surface area contributed by atoms with Crippen molar-refractivity contribution in [3.05, 3.63) is 76.8 Å². The Morgan fingerprint density at radius 2 is 1.73 bits per heavy atom. The summed E-state index contributed by atoms with van der Waals surface area (Å²) >= 11 is 6.98. The minimum absolute atomic E-state index is 0.0110. The molecule has 2 aliphatic rings. The minimum Gasteiger partial charge on any atom is -0.497 e. The molecule has 8 rings (SSSR count). The number of imidazole rings is 1. The molecule has 22 nitrogen and oxygen atoms in total. The van der Waals surface area contributed by atoms with E-state index in [-0.39, 0.29) is 30.2 Å². The van der Waals surface area contributed by atoms with Crippen LogP contribution in [0.25, 0.3) is 33.0 Å². The Morgan fingerprint density at radius 3 is 2.50 bits per heavy atom. The number of fused-ring (bicyclic) bond motifs is 3. The van der Waals surface area contributed by atoms with Crippen LogP contribution in [0.1, 0.15) is 31.7 Å². The molecule has 6 aromatic rings. The molecule has 8 N–H and O–H groups in total. The van der Waals surface area contributed by atoms with E-state index in [0.29, 0.717) is 51.8 Å². The number of anilines is 3. The van der Waals surface area contributed by atoms with E-state index in [1.54, 1.807) is 19.2 Å². The first-order valence-corrected chi connectivity index (χ1v) is 24.1. The number of hydrogen-bond acceptors (Lipinski definition) is 19. The van der Waals surface area contributed by atoms with Crippen molar-refractivity contribution in [2.24, 2.45) is 0 Å². The van der Waals surface area contributed by atoms with E-state index in [1.165, 1.54) is 29.5 Å². The van der Waals surface area contributed by atoms with Gasteiger partial charge in [-0.2, -0.15) is 4.98 Å². The summed E-state index contributed by atoms with van der Waals surface area (Å²) < 4.78 is 63.6. The van der Waals surface area contributed by atoms with E-state index in [4.69, 9.17) is 55.8 Å². The molecule has 3 unspecified atom stereocenters. The second kappa shape index (κ2) is 18.3. The lowest BCUT2D eigenvalue weighted by Gasteiger charge is -2.24. The number of methoxy groups -OCH3 is 1. The third kappa shape index (κ3) is 9.69. The van der Waals surface area contributed by atoms with E-state index in [9.17, 15) is 28.8 Å². The van der Waals surface area contributed by atoms with Gasteiger partial charge in [-0.3, -0.25) is 22.7 Å². The molecule has 0 saturated carbocycles. The molecule has 0 amide bonds. The largest absolute Gasteiger partial charge is 0.497 e. The average Bonchev–Trinajstić information content (AvgIpc) is 3.96. The van der Waals surface area contributed by atoms with Gasteiger partial charge in [-0.1, -0.05) is 11.6 Å². The van der Waals surface area contributed by atoms with Crippen LogP contribution in [0.3, 0.4) is 0 Å². The highest BCUT2D eigenvalue weighted by molar-refractivity contribution is 8.54. The molecule has 8 atom stereocenters. The van der Waals surface area contributed by atoms with Crippen LogP contribution < -0.4 is 27.2 Å². The monoisotopic (exact) mass is 934 g/mol. The Kier molecular flexibility index (Phi) is 13.0. The zero-order valence-corrected chi connectivity index (χ0v) is 36.0. The van der Waals surface area contributed by atoms with E-state index >= 15 is 0 Å². The first kappa shape index (κ1) is 44.1. The topological polar surface area (TPSA) is 306 Å². The predicted molar refractivity (Wildman–Crippen MR) is 229 cm³/mol. The van der Waals surface area contributed by atoms with Crippen molar-refractivity contribution in [3.63, 3.8) is 0 Å². The molecule has 2 aliphatic heterocycles. The summed E-state index contributed by atoms with van der Waals surface area (Å²) in [5.74, 6) is 0.961. The van der Waals surface area contributed by atoms with Gasteiger partial charge in [0.1, 0.15) is 60.3 Å². The number of pyridine rings is 1. The van der Waals surface area contributed by atoms with Crippen LogP contribution in [0.15, 0.2) is 66.1 Å². The van der Waals surface area contributed by atoms with Crippen LogP contribution in [0.5, 0.6) is 5.75 Å². The average molecular weight is 935 g/mol. The number of nitrogens with one attached hydrogen (secondary N) is 1. The van der Waals surface area contributed by atoms with Gasteiger partial charge in [0, 0.05) is 47.1 Å². The number of nitrogens with two attached hydrogens (primary N) is 2. The number of rotatable bonds is 17. The Morgan fingerprint density at radius 1 is 0.952 bits per heavy atom. The van der Waals surface area contributed by atoms with Gasteiger partial charge >= 0.3 is 20.3 Å². The van der Waals surface area contributed by atoms with E-state index < -0.39 is 70.4 Å². The summed E-state index contributed by atoms with van der Waals surface area (Å²) in [7, 11) is -3.36. The summed E-state index contributed by atoms with van der Waals surface area (Å²) in [5.41, 5.74) is 13.7. The molecule has 0 spiro atoms. The summed E-state index contributed by atoms with van der Waals surface area (Å²) in [4.78, 5) is 55.2. The third-order valence-corrected chi connectivity index (χ3v) is 14.5. The smallest absolute Gasteiger partial charge is 0.472 e. The lowest BCUT2D eigenvalue weighted by Crippen LogP contribution is -2.30. The maximum Gasteiger partial charge on any atom is 0.472 e. The summed E-state index contributed by atoms with van der Waals surface area (Å²) in [6.07, 6.45) is -2.26. The second-order valence-corrected chi connectivity index (χ2v) is 20.0. The molecule has 330 valence electrons. The highest BCUT2D eigenvalue weighted by Gasteiger charge is 2.45. The minimum atomic E-state index is -4.94. The summed E-state index contributed by atoms with van der Waals surface area (Å²) in [5, 5.41) is 15.6. The Labute approximate surface area is 360 Å². The molecule has 62 heavy (non-hydrogen) atoms. The first-order valence-electron chi connectivity index (χ1n) is 19.0. The predicted octanol–water partition coefficient (Wildman–Crippen LogP) is 4.40. The number of ether oxygens (including phenoxy) is 3. The van der Waals surface area contributed by atoms with Crippen LogP contribution in [0, 0.1) is 0 Å². The maximum atomic E-state index is 13.6. The SMILES string of the molecule is COc1ccc2nc3cc(Cl)ccc3c(NCCCSP(=O)(O)O[C@H]3C[C@H](n4cnc5c(N)ncnc54)O[C@@H]3COP(=O)(O)OC3C[C@H](n4ccc(N)nc4=O)O[C@@H]3CO)c2c1. The summed E-state index contributed by atoms with van der Waals surface area (Å²) in [6, 6.07) is 12.4. The first-order chi connectivity index (χ1) is 29.7. The lowest BCUT2D eigenvalue weighted by atomic mass is 10.1. The number of aliphatic hydroxyl groups excluding tert-OH is 1. The van der Waals surface area contributed by atoms with Gasteiger partial charge in [0.15, 0.2) is 11.5 Å². The summed E-state index contributed by atoms with van der Waals surface area (Å²) in [6.45, 7) is -5.24. The molecule has 4 aromatic heterocycles. The van der Waals surface area contributed by atoms with Gasteiger partial charge in [0.25, 0.3) is 0 Å². The van der Waals surface area contributed by atoms with Crippen LogP contribution >= 0.6 is 37.6 Å². The van der Waals surface area contributed by atoms with Crippen molar-refractivity contribution >= 4 is 87.9 Å². The van der Waals surface area contributed by atoms with Crippen LogP contribution in [-0.4, -0.2) is 106 Å². The highest BCUT2D eigenvalue weighted by atomic mass is 35.5. The van der Waals surface area contributed by atoms with Gasteiger partial charge in [-0.05, 0) is 60.3 Å². The fourth-order valence-electron chi connectivity index (χ4n) is 7.25. The van der Waals surface area contributed by atoms with Crippen molar-refractivity contribution in [2.45, 2.75) is 56.1 Å². The molecule has 0 bridgehead atoms. The number of phosphoric ester groups is 1. The van der Waals surface area contributed by atoms with E-state index in [1.807, 2.05) is 24.3 Å². The molecule has 0 radical (unpaired) electrons. The second-order valence-electron chi connectivity index (χ2n) is 14.2.